The topological polar surface area (TPSA) is 84.0 Å². The highest BCUT2D eigenvalue weighted by atomic mass is 79.9. The number of aromatic amines is 1. The number of rotatable bonds is 4. The van der Waals surface area contributed by atoms with Crippen LogP contribution in [-0.2, 0) is 11.3 Å². The number of nitrogens with zero attached hydrogens (tertiary/aromatic N) is 1. The second-order valence-corrected chi connectivity index (χ2v) is 5.40. The molecular weight excluding hydrogens is 338 g/mol. The van der Waals surface area contributed by atoms with Crippen LogP contribution in [0.4, 0.5) is 0 Å². The molecule has 0 aliphatic rings. The van der Waals surface area contributed by atoms with Crippen molar-refractivity contribution in [3.63, 3.8) is 0 Å². The van der Waals surface area contributed by atoms with Crippen molar-refractivity contribution in [3.05, 3.63) is 67.4 Å². The minimum atomic E-state index is -0.605. The maximum absolute atomic E-state index is 12.0. The van der Waals surface area contributed by atoms with Crippen LogP contribution >= 0.6 is 15.9 Å². The molecule has 0 fully saturated rings. The molecule has 110 valence electrons. The Bertz CT molecular complexity index is 766. The molecule has 0 bridgehead atoms. The van der Waals surface area contributed by atoms with Crippen molar-refractivity contribution in [3.8, 4) is 0 Å². The van der Waals surface area contributed by atoms with Gasteiger partial charge in [-0.1, -0.05) is 34.1 Å². The fourth-order valence-corrected chi connectivity index (χ4v) is 2.54. The summed E-state index contributed by atoms with van der Waals surface area (Å²) in [5.74, 6) is -0.313. The van der Waals surface area contributed by atoms with Crippen molar-refractivity contribution in [2.24, 2.45) is 0 Å². The normalized spacial score (nSPS) is 11.9. The molecule has 0 spiro atoms. The Morgan fingerprint density at radius 2 is 2.05 bits per heavy atom. The maximum atomic E-state index is 12.0. The first-order valence-corrected chi connectivity index (χ1v) is 7.10. The summed E-state index contributed by atoms with van der Waals surface area (Å²) in [4.78, 5) is 36.5. The number of nitrogens with one attached hydrogen (secondary N) is 2. The number of halogens is 1. The molecule has 2 N–H and O–H groups in total. The lowest BCUT2D eigenvalue weighted by Crippen LogP contribution is -2.36. The van der Waals surface area contributed by atoms with Gasteiger partial charge in [-0.15, -0.1) is 0 Å². The van der Waals surface area contributed by atoms with Crippen LogP contribution in [0.2, 0.25) is 0 Å². The van der Waals surface area contributed by atoms with Gasteiger partial charge in [0, 0.05) is 16.7 Å². The first-order chi connectivity index (χ1) is 9.97. The zero-order valence-electron chi connectivity index (χ0n) is 11.3. The van der Waals surface area contributed by atoms with Gasteiger partial charge in [0.15, 0.2) is 0 Å². The molecule has 1 atom stereocenters. The first kappa shape index (κ1) is 15.2. The van der Waals surface area contributed by atoms with Crippen molar-refractivity contribution in [2.45, 2.75) is 19.5 Å². The Morgan fingerprint density at radius 3 is 2.71 bits per heavy atom. The molecule has 0 radical (unpaired) electrons. The largest absolute Gasteiger partial charge is 0.348 e. The number of H-pyrrole nitrogens is 1. The first-order valence-electron chi connectivity index (χ1n) is 6.31. The Kier molecular flexibility index (Phi) is 4.74. The zero-order chi connectivity index (χ0) is 15.4. The molecule has 2 rings (SSSR count). The van der Waals surface area contributed by atoms with E-state index >= 15 is 0 Å². The molecule has 0 saturated heterocycles. The van der Waals surface area contributed by atoms with E-state index in [1.807, 2.05) is 31.2 Å². The van der Waals surface area contributed by atoms with Crippen molar-refractivity contribution in [1.29, 1.82) is 0 Å². The van der Waals surface area contributed by atoms with E-state index in [4.69, 9.17) is 0 Å². The van der Waals surface area contributed by atoms with Gasteiger partial charge in [-0.05, 0) is 18.6 Å². The lowest BCUT2D eigenvalue weighted by atomic mass is 10.1. The van der Waals surface area contributed by atoms with Crippen LogP contribution in [0, 0.1) is 0 Å². The lowest BCUT2D eigenvalue weighted by Gasteiger charge is -2.16. The number of aromatic nitrogens is 2. The van der Waals surface area contributed by atoms with E-state index in [0.717, 1.165) is 14.6 Å². The molecule has 0 aliphatic heterocycles. The van der Waals surface area contributed by atoms with Crippen LogP contribution in [0.1, 0.15) is 18.5 Å². The summed E-state index contributed by atoms with van der Waals surface area (Å²) in [7, 11) is 0. The highest BCUT2D eigenvalue weighted by Gasteiger charge is 2.12. The van der Waals surface area contributed by atoms with E-state index in [1.54, 1.807) is 0 Å². The van der Waals surface area contributed by atoms with Gasteiger partial charge in [-0.3, -0.25) is 19.1 Å². The standard InChI is InChI=1S/C14H14BrN3O3/c1-9(10-4-2-3-5-11(10)15)16-13(20)8-18-7-6-12(19)17-14(18)21/h2-7,9H,8H2,1H3,(H,16,20)(H,17,19,21)/t9-/m1/s1. The van der Waals surface area contributed by atoms with Crippen LogP contribution in [0.5, 0.6) is 0 Å². The summed E-state index contributed by atoms with van der Waals surface area (Å²) in [5.41, 5.74) is -0.149. The molecule has 0 aliphatic carbocycles. The Balaban J connectivity index is 2.07. The summed E-state index contributed by atoms with van der Waals surface area (Å²) in [6.07, 6.45) is 1.30. The number of benzene rings is 1. The quantitative estimate of drug-likeness (QED) is 0.867. The van der Waals surface area contributed by atoms with Gasteiger partial charge >= 0.3 is 5.69 Å². The maximum Gasteiger partial charge on any atom is 0.328 e. The fraction of sp³-hybridized carbons (Fsp3) is 0.214. The number of carbonyl (C=O) groups is 1. The molecule has 2 aromatic rings. The van der Waals surface area contributed by atoms with Gasteiger partial charge in [0.2, 0.25) is 5.91 Å². The van der Waals surface area contributed by atoms with Crippen molar-refractivity contribution in [2.75, 3.05) is 0 Å². The van der Waals surface area contributed by atoms with E-state index in [-0.39, 0.29) is 18.5 Å². The van der Waals surface area contributed by atoms with Gasteiger partial charge in [0.05, 0.1) is 6.04 Å². The molecule has 1 heterocycles. The number of amides is 1. The molecule has 21 heavy (non-hydrogen) atoms. The molecule has 6 nitrogen and oxygen atoms in total. The van der Waals surface area contributed by atoms with Gasteiger partial charge < -0.3 is 5.32 Å². The number of hydrogen-bond donors (Lipinski definition) is 2. The smallest absolute Gasteiger partial charge is 0.328 e. The van der Waals surface area contributed by atoms with Gasteiger partial charge in [-0.2, -0.15) is 0 Å². The van der Waals surface area contributed by atoms with Crippen LogP contribution in [-0.4, -0.2) is 15.5 Å². The van der Waals surface area contributed by atoms with Gasteiger partial charge in [0.1, 0.15) is 6.54 Å². The van der Waals surface area contributed by atoms with E-state index in [1.165, 1.54) is 12.3 Å². The highest BCUT2D eigenvalue weighted by molar-refractivity contribution is 9.10. The van der Waals surface area contributed by atoms with Crippen LogP contribution in [0.25, 0.3) is 0 Å². The Labute approximate surface area is 128 Å². The van der Waals surface area contributed by atoms with Gasteiger partial charge in [0.25, 0.3) is 5.56 Å². The molecule has 0 unspecified atom stereocenters. The highest BCUT2D eigenvalue weighted by Crippen LogP contribution is 2.22. The monoisotopic (exact) mass is 351 g/mol. The third kappa shape index (κ3) is 3.91. The average molecular weight is 352 g/mol. The fourth-order valence-electron chi connectivity index (χ4n) is 1.91. The van der Waals surface area contributed by atoms with Crippen LogP contribution < -0.4 is 16.6 Å². The lowest BCUT2D eigenvalue weighted by molar-refractivity contribution is -0.122. The Hall–Kier alpha value is -2.15. The van der Waals surface area contributed by atoms with E-state index in [2.05, 4.69) is 26.2 Å². The van der Waals surface area contributed by atoms with Crippen molar-refractivity contribution in [1.82, 2.24) is 14.9 Å². The zero-order valence-corrected chi connectivity index (χ0v) is 12.9. The molecule has 1 amide bonds. The molecule has 1 aromatic heterocycles. The number of hydrogen-bond acceptors (Lipinski definition) is 3. The molecule has 7 heteroatoms. The Morgan fingerprint density at radius 1 is 1.33 bits per heavy atom. The second-order valence-electron chi connectivity index (χ2n) is 4.55. The summed E-state index contributed by atoms with van der Waals surface area (Å²) in [6.45, 7) is 1.71. The predicted octanol–water partition coefficient (Wildman–Crippen LogP) is 1.18. The average Bonchev–Trinajstić information content (AvgIpc) is 2.42. The van der Waals surface area contributed by atoms with E-state index in [0.29, 0.717) is 0 Å². The van der Waals surface area contributed by atoms with Crippen molar-refractivity contribution >= 4 is 21.8 Å². The summed E-state index contributed by atoms with van der Waals surface area (Å²) in [6, 6.07) is 8.57. The summed E-state index contributed by atoms with van der Waals surface area (Å²) in [5, 5.41) is 2.81. The summed E-state index contributed by atoms with van der Waals surface area (Å²) >= 11 is 3.43. The van der Waals surface area contributed by atoms with E-state index < -0.39 is 11.2 Å². The van der Waals surface area contributed by atoms with Crippen LogP contribution in [0.3, 0.4) is 0 Å². The third-order valence-electron chi connectivity index (χ3n) is 2.96. The summed E-state index contributed by atoms with van der Waals surface area (Å²) < 4.78 is 2.04. The molecule has 0 saturated carbocycles. The second kappa shape index (κ2) is 6.53. The third-order valence-corrected chi connectivity index (χ3v) is 3.68. The predicted molar refractivity (Wildman–Crippen MR) is 82.0 cm³/mol. The number of carbonyl (C=O) groups excluding carboxylic acids is 1. The van der Waals surface area contributed by atoms with E-state index in [9.17, 15) is 14.4 Å². The minimum Gasteiger partial charge on any atom is -0.348 e. The SMILES string of the molecule is C[C@@H](NC(=O)Cn1ccc(=O)[nH]c1=O)c1ccccc1Br. The molecule has 1 aromatic carbocycles. The minimum absolute atomic E-state index is 0.148. The van der Waals surface area contributed by atoms with Crippen LogP contribution in [0.15, 0.2) is 50.6 Å². The molecular formula is C14H14BrN3O3. The van der Waals surface area contributed by atoms with Gasteiger partial charge in [-0.25, -0.2) is 4.79 Å². The van der Waals surface area contributed by atoms with Crippen molar-refractivity contribution < 1.29 is 4.79 Å².